The summed E-state index contributed by atoms with van der Waals surface area (Å²) in [5, 5.41) is 16.8. The van der Waals surface area contributed by atoms with Crippen LogP contribution in [0.4, 0.5) is 0 Å². The fraction of sp³-hybridized carbons (Fsp3) is 0.333. The molecule has 1 aromatic carbocycles. The molecule has 7 nitrogen and oxygen atoms in total. The van der Waals surface area contributed by atoms with Crippen molar-refractivity contribution >= 4 is 0 Å². The largest absolute Gasteiger partial charge is 0.493 e. The molecule has 102 valence electrons. The van der Waals surface area contributed by atoms with E-state index in [1.54, 1.807) is 30.9 Å². The maximum absolute atomic E-state index is 9.21. The molecule has 0 saturated carbocycles. The van der Waals surface area contributed by atoms with E-state index in [0.717, 1.165) is 0 Å². The number of hydrogen-bond donors (Lipinski definition) is 1. The number of rotatable bonds is 5. The number of benzene rings is 1. The van der Waals surface area contributed by atoms with Gasteiger partial charge in [0.05, 0.1) is 27.0 Å². The molecule has 0 saturated heterocycles. The molecule has 0 bridgehead atoms. The highest BCUT2D eigenvalue weighted by atomic mass is 16.5. The zero-order chi connectivity index (χ0) is 13.8. The van der Waals surface area contributed by atoms with Gasteiger partial charge in [0.2, 0.25) is 5.75 Å². The minimum Gasteiger partial charge on any atom is -0.493 e. The number of nitrogens with zero attached hydrogens (tertiary/aromatic N) is 3. The second-order valence-electron chi connectivity index (χ2n) is 3.66. The molecule has 0 amide bonds. The van der Waals surface area contributed by atoms with Crippen molar-refractivity contribution in [3.05, 3.63) is 24.3 Å². The van der Waals surface area contributed by atoms with Crippen LogP contribution in [0.5, 0.6) is 17.2 Å². The SMILES string of the molecule is COc1cc(-n2cnnc2CO)cc(OC)c1OC. The van der Waals surface area contributed by atoms with E-state index in [1.165, 1.54) is 13.4 Å². The minimum atomic E-state index is -0.212. The third-order valence-electron chi connectivity index (χ3n) is 2.69. The van der Waals surface area contributed by atoms with Crippen molar-refractivity contribution in [1.29, 1.82) is 0 Å². The maximum atomic E-state index is 9.21. The number of hydrogen-bond acceptors (Lipinski definition) is 6. The van der Waals surface area contributed by atoms with Gasteiger partial charge in [-0.1, -0.05) is 0 Å². The van der Waals surface area contributed by atoms with E-state index in [1.807, 2.05) is 0 Å². The zero-order valence-corrected chi connectivity index (χ0v) is 11.0. The fourth-order valence-corrected chi connectivity index (χ4v) is 1.79. The van der Waals surface area contributed by atoms with Crippen molar-refractivity contribution < 1.29 is 19.3 Å². The van der Waals surface area contributed by atoms with Gasteiger partial charge >= 0.3 is 0 Å². The first-order valence-corrected chi connectivity index (χ1v) is 5.55. The predicted molar refractivity (Wildman–Crippen MR) is 66.9 cm³/mol. The molecule has 0 aliphatic rings. The van der Waals surface area contributed by atoms with Crippen LogP contribution in [0.2, 0.25) is 0 Å². The van der Waals surface area contributed by atoms with Gasteiger partial charge < -0.3 is 19.3 Å². The minimum absolute atomic E-state index is 0.212. The molecule has 0 unspecified atom stereocenters. The summed E-state index contributed by atoms with van der Waals surface area (Å²) in [7, 11) is 4.62. The van der Waals surface area contributed by atoms with E-state index in [0.29, 0.717) is 28.8 Å². The number of aliphatic hydroxyl groups excluding tert-OH is 1. The van der Waals surface area contributed by atoms with Crippen LogP contribution in [0, 0.1) is 0 Å². The van der Waals surface area contributed by atoms with Crippen LogP contribution < -0.4 is 14.2 Å². The van der Waals surface area contributed by atoms with Crippen molar-refractivity contribution in [3.8, 4) is 22.9 Å². The molecule has 0 aliphatic carbocycles. The Kier molecular flexibility index (Phi) is 3.86. The Morgan fingerprint density at radius 1 is 1.11 bits per heavy atom. The van der Waals surface area contributed by atoms with Gasteiger partial charge in [-0.3, -0.25) is 4.57 Å². The van der Waals surface area contributed by atoms with E-state index in [9.17, 15) is 5.11 Å². The number of aliphatic hydroxyl groups is 1. The van der Waals surface area contributed by atoms with Crippen molar-refractivity contribution in [3.63, 3.8) is 0 Å². The molecule has 0 aliphatic heterocycles. The second kappa shape index (κ2) is 5.57. The van der Waals surface area contributed by atoms with Crippen molar-refractivity contribution in [1.82, 2.24) is 14.8 Å². The van der Waals surface area contributed by atoms with Gasteiger partial charge in [0.25, 0.3) is 0 Å². The highest BCUT2D eigenvalue weighted by molar-refractivity contribution is 5.58. The number of methoxy groups -OCH3 is 3. The lowest BCUT2D eigenvalue weighted by Crippen LogP contribution is -2.02. The number of aromatic nitrogens is 3. The van der Waals surface area contributed by atoms with Gasteiger partial charge in [0.15, 0.2) is 17.3 Å². The molecule has 2 rings (SSSR count). The van der Waals surface area contributed by atoms with E-state index >= 15 is 0 Å². The van der Waals surface area contributed by atoms with Crippen LogP contribution in [0.15, 0.2) is 18.5 Å². The monoisotopic (exact) mass is 265 g/mol. The first-order chi connectivity index (χ1) is 9.24. The number of ether oxygens (including phenoxy) is 3. The Morgan fingerprint density at radius 2 is 1.74 bits per heavy atom. The van der Waals surface area contributed by atoms with E-state index in [2.05, 4.69) is 10.2 Å². The van der Waals surface area contributed by atoms with Crippen LogP contribution in [-0.4, -0.2) is 41.2 Å². The Morgan fingerprint density at radius 3 is 2.21 bits per heavy atom. The molecule has 0 spiro atoms. The summed E-state index contributed by atoms with van der Waals surface area (Å²) in [6.45, 7) is -0.212. The summed E-state index contributed by atoms with van der Waals surface area (Å²) < 4.78 is 17.4. The smallest absolute Gasteiger partial charge is 0.203 e. The van der Waals surface area contributed by atoms with Gasteiger partial charge in [-0.15, -0.1) is 10.2 Å². The summed E-state index contributed by atoms with van der Waals surface area (Å²) in [5.41, 5.74) is 0.712. The maximum Gasteiger partial charge on any atom is 0.203 e. The molecular formula is C12H15N3O4. The molecule has 0 radical (unpaired) electrons. The van der Waals surface area contributed by atoms with Crippen LogP contribution in [-0.2, 0) is 6.61 Å². The van der Waals surface area contributed by atoms with Crippen molar-refractivity contribution in [2.45, 2.75) is 6.61 Å². The fourth-order valence-electron chi connectivity index (χ4n) is 1.79. The van der Waals surface area contributed by atoms with E-state index in [-0.39, 0.29) is 6.61 Å². The first kappa shape index (κ1) is 13.2. The molecule has 1 N–H and O–H groups in total. The summed E-state index contributed by atoms with van der Waals surface area (Å²) in [4.78, 5) is 0. The summed E-state index contributed by atoms with van der Waals surface area (Å²) in [6, 6.07) is 3.51. The third kappa shape index (κ3) is 2.32. The topological polar surface area (TPSA) is 78.6 Å². The van der Waals surface area contributed by atoms with Crippen molar-refractivity contribution in [2.24, 2.45) is 0 Å². The van der Waals surface area contributed by atoms with E-state index in [4.69, 9.17) is 14.2 Å². The first-order valence-electron chi connectivity index (χ1n) is 5.55. The molecule has 7 heteroatoms. The lowest BCUT2D eigenvalue weighted by atomic mass is 10.2. The normalized spacial score (nSPS) is 10.3. The van der Waals surface area contributed by atoms with Gasteiger partial charge in [-0.05, 0) is 0 Å². The lowest BCUT2D eigenvalue weighted by molar-refractivity contribution is 0.268. The van der Waals surface area contributed by atoms with Gasteiger partial charge in [-0.25, -0.2) is 0 Å². The summed E-state index contributed by atoms with van der Waals surface area (Å²) in [6.07, 6.45) is 1.51. The average Bonchev–Trinajstić information content (AvgIpc) is 2.93. The molecule has 1 heterocycles. The highest BCUT2D eigenvalue weighted by Gasteiger charge is 2.15. The molecule has 19 heavy (non-hydrogen) atoms. The third-order valence-corrected chi connectivity index (χ3v) is 2.69. The Bertz CT molecular complexity index is 543. The second-order valence-corrected chi connectivity index (χ2v) is 3.66. The Balaban J connectivity index is 2.59. The standard InChI is InChI=1S/C12H15N3O4/c1-17-9-4-8(5-10(18-2)12(9)19-3)15-7-13-14-11(15)6-16/h4-5,7,16H,6H2,1-3H3. The van der Waals surface area contributed by atoms with Gasteiger partial charge in [0.1, 0.15) is 12.9 Å². The molecule has 0 atom stereocenters. The van der Waals surface area contributed by atoms with E-state index < -0.39 is 0 Å². The Hall–Kier alpha value is -2.28. The predicted octanol–water partition coefficient (Wildman–Crippen LogP) is 0.785. The molecule has 1 aromatic heterocycles. The zero-order valence-electron chi connectivity index (χ0n) is 11.0. The van der Waals surface area contributed by atoms with Crippen LogP contribution in [0.1, 0.15) is 5.82 Å². The summed E-state index contributed by atoms with van der Waals surface area (Å²) in [5.74, 6) is 1.98. The van der Waals surface area contributed by atoms with Crippen molar-refractivity contribution in [2.75, 3.05) is 21.3 Å². The quantitative estimate of drug-likeness (QED) is 0.861. The van der Waals surface area contributed by atoms with Crippen LogP contribution in [0.25, 0.3) is 5.69 Å². The highest BCUT2D eigenvalue weighted by Crippen LogP contribution is 2.39. The van der Waals surface area contributed by atoms with Gasteiger partial charge in [-0.2, -0.15) is 0 Å². The van der Waals surface area contributed by atoms with Crippen LogP contribution in [0.3, 0.4) is 0 Å². The molecular weight excluding hydrogens is 250 g/mol. The molecule has 2 aromatic rings. The lowest BCUT2D eigenvalue weighted by Gasteiger charge is -2.14. The average molecular weight is 265 g/mol. The molecule has 0 fully saturated rings. The summed E-state index contributed by atoms with van der Waals surface area (Å²) >= 11 is 0. The Labute approximate surface area is 110 Å². The van der Waals surface area contributed by atoms with Gasteiger partial charge in [0, 0.05) is 12.1 Å². The van der Waals surface area contributed by atoms with Crippen LogP contribution >= 0.6 is 0 Å².